The van der Waals surface area contributed by atoms with Crippen LogP contribution in [-0.4, -0.2) is 30.8 Å². The molecule has 40 heavy (non-hydrogen) atoms. The summed E-state index contributed by atoms with van der Waals surface area (Å²) in [6, 6.07) is 22.5. The van der Waals surface area contributed by atoms with Crippen molar-refractivity contribution in [3.63, 3.8) is 0 Å². The maximum Gasteiger partial charge on any atom is 0.162 e. The molecule has 0 spiro atoms. The van der Waals surface area contributed by atoms with Gasteiger partial charge in [0.1, 0.15) is 11.5 Å². The van der Waals surface area contributed by atoms with Crippen LogP contribution in [0.1, 0.15) is 51.7 Å². The van der Waals surface area contributed by atoms with Crippen molar-refractivity contribution in [2.45, 2.75) is 53.4 Å². The van der Waals surface area contributed by atoms with Gasteiger partial charge in [-0.1, -0.05) is 70.2 Å². The van der Waals surface area contributed by atoms with Gasteiger partial charge < -0.3 is 14.2 Å². The van der Waals surface area contributed by atoms with Crippen LogP contribution in [0.5, 0.6) is 23.0 Å². The Balaban J connectivity index is 0.00000106. The fourth-order valence-corrected chi connectivity index (χ4v) is 4.48. The highest BCUT2D eigenvalue weighted by Crippen LogP contribution is 2.49. The monoisotopic (exact) mass is 541 g/mol. The van der Waals surface area contributed by atoms with Crippen LogP contribution in [0.3, 0.4) is 0 Å². The SMILES string of the molecule is CC.CC.COc1cc2nccc(Oc3ccc(CC(=O)C4(C(=O)Cc5ccccc5)CC4)cc3)c2cc1OC. The van der Waals surface area contributed by atoms with E-state index in [1.54, 1.807) is 26.5 Å². The second-order valence-corrected chi connectivity index (χ2v) is 9.05. The molecule has 1 aromatic heterocycles. The topological polar surface area (TPSA) is 74.7 Å². The summed E-state index contributed by atoms with van der Waals surface area (Å²) in [5.41, 5.74) is 1.71. The molecular weight excluding hydrogens is 502 g/mol. The van der Waals surface area contributed by atoms with Crippen LogP contribution in [0.25, 0.3) is 10.9 Å². The number of hydrogen-bond acceptors (Lipinski definition) is 6. The Hall–Kier alpha value is -4.19. The standard InChI is InChI=1S/C30H27NO5.2C2H6/c1-34-26-18-23-24(19-27(26)35-2)31-15-12-25(23)36-22-10-8-21(9-11-22)17-29(33)30(13-14-30)28(32)16-20-6-4-3-5-7-20;2*1-2/h3-12,15,18-19H,13-14,16-17H2,1-2H3;2*1-2H3. The summed E-state index contributed by atoms with van der Waals surface area (Å²) < 4.78 is 16.9. The molecule has 6 heteroatoms. The van der Waals surface area contributed by atoms with Crippen LogP contribution in [0.2, 0.25) is 0 Å². The highest BCUT2D eigenvalue weighted by Gasteiger charge is 2.54. The van der Waals surface area contributed by atoms with Crippen molar-refractivity contribution >= 4 is 22.5 Å². The Bertz CT molecular complexity index is 1410. The summed E-state index contributed by atoms with van der Waals surface area (Å²) in [7, 11) is 3.17. The lowest BCUT2D eigenvalue weighted by Crippen LogP contribution is -2.28. The molecule has 0 N–H and O–H groups in total. The van der Waals surface area contributed by atoms with Crippen molar-refractivity contribution in [2.75, 3.05) is 14.2 Å². The molecule has 1 saturated carbocycles. The molecule has 5 rings (SSSR count). The van der Waals surface area contributed by atoms with Gasteiger partial charge in [-0.25, -0.2) is 0 Å². The molecule has 1 aliphatic rings. The molecule has 0 saturated heterocycles. The number of aromatic nitrogens is 1. The largest absolute Gasteiger partial charge is 0.493 e. The van der Waals surface area contributed by atoms with Crippen molar-refractivity contribution in [3.8, 4) is 23.0 Å². The lowest BCUT2D eigenvalue weighted by molar-refractivity contribution is -0.133. The first-order valence-corrected chi connectivity index (χ1v) is 13.9. The molecule has 1 fully saturated rings. The Morgan fingerprint density at radius 3 is 1.82 bits per heavy atom. The van der Waals surface area contributed by atoms with Crippen LogP contribution in [-0.2, 0) is 22.4 Å². The van der Waals surface area contributed by atoms with Crippen LogP contribution in [0, 0.1) is 5.41 Å². The van der Waals surface area contributed by atoms with Gasteiger partial charge in [-0.15, -0.1) is 0 Å². The van der Waals surface area contributed by atoms with E-state index >= 15 is 0 Å². The first kappa shape index (κ1) is 30.4. The molecule has 1 heterocycles. The minimum atomic E-state index is -0.818. The van der Waals surface area contributed by atoms with E-state index in [9.17, 15) is 9.59 Å². The van der Waals surface area contributed by atoms with E-state index in [4.69, 9.17) is 14.2 Å². The smallest absolute Gasteiger partial charge is 0.162 e. The van der Waals surface area contributed by atoms with Gasteiger partial charge in [-0.2, -0.15) is 0 Å². The lowest BCUT2D eigenvalue weighted by Gasteiger charge is -2.14. The maximum atomic E-state index is 13.1. The zero-order chi connectivity index (χ0) is 29.1. The van der Waals surface area contributed by atoms with Gasteiger partial charge in [-0.05, 0) is 48.2 Å². The highest BCUT2D eigenvalue weighted by molar-refractivity contribution is 6.10. The van der Waals surface area contributed by atoms with E-state index in [1.165, 1.54) is 0 Å². The average Bonchev–Trinajstić information content (AvgIpc) is 3.83. The Morgan fingerprint density at radius 2 is 1.27 bits per heavy atom. The summed E-state index contributed by atoms with van der Waals surface area (Å²) in [5, 5.41) is 0.794. The third-order valence-corrected chi connectivity index (χ3v) is 6.75. The minimum Gasteiger partial charge on any atom is -0.493 e. The number of Topliss-reactive ketones (excluding diaryl/α,β-unsaturated/α-hetero) is 2. The van der Waals surface area contributed by atoms with Gasteiger partial charge in [-0.3, -0.25) is 14.6 Å². The number of carbonyl (C=O) groups excluding carboxylic acids is 2. The molecule has 0 aliphatic heterocycles. The summed E-state index contributed by atoms with van der Waals surface area (Å²) in [4.78, 5) is 30.4. The van der Waals surface area contributed by atoms with Crippen LogP contribution >= 0.6 is 0 Å². The summed E-state index contributed by atoms with van der Waals surface area (Å²) in [5.74, 6) is 2.48. The first-order chi connectivity index (χ1) is 19.5. The minimum absolute atomic E-state index is 0.00160. The fraction of sp³-hybridized carbons (Fsp3) is 0.324. The van der Waals surface area contributed by atoms with E-state index < -0.39 is 5.41 Å². The number of rotatable bonds is 10. The maximum absolute atomic E-state index is 13.1. The van der Waals surface area contributed by atoms with Crippen LogP contribution in [0.15, 0.2) is 79.0 Å². The van der Waals surface area contributed by atoms with E-state index in [0.717, 1.165) is 22.0 Å². The predicted octanol–water partition coefficient (Wildman–Crippen LogP) is 7.80. The van der Waals surface area contributed by atoms with Crippen molar-refractivity contribution in [1.29, 1.82) is 0 Å². The van der Waals surface area contributed by atoms with Gasteiger partial charge in [0.05, 0.1) is 25.2 Å². The number of ketones is 2. The predicted molar refractivity (Wildman–Crippen MR) is 160 cm³/mol. The number of benzene rings is 3. The molecule has 0 unspecified atom stereocenters. The van der Waals surface area contributed by atoms with Gasteiger partial charge in [0, 0.05) is 30.5 Å². The summed E-state index contributed by atoms with van der Waals surface area (Å²) >= 11 is 0. The molecule has 3 aromatic carbocycles. The molecule has 0 bridgehead atoms. The molecule has 4 aromatic rings. The molecule has 1 aliphatic carbocycles. The van der Waals surface area contributed by atoms with E-state index in [1.807, 2.05) is 94.4 Å². The third kappa shape index (κ3) is 6.87. The first-order valence-electron chi connectivity index (χ1n) is 13.9. The number of pyridine rings is 1. The molecule has 6 nitrogen and oxygen atoms in total. The van der Waals surface area contributed by atoms with Crippen molar-refractivity contribution in [3.05, 3.63) is 90.1 Å². The Morgan fingerprint density at radius 1 is 0.725 bits per heavy atom. The fourth-order valence-electron chi connectivity index (χ4n) is 4.48. The van der Waals surface area contributed by atoms with Gasteiger partial charge >= 0.3 is 0 Å². The molecular formula is C34H39NO5. The number of methoxy groups -OCH3 is 2. The average molecular weight is 542 g/mol. The van der Waals surface area contributed by atoms with Crippen molar-refractivity contribution < 1.29 is 23.8 Å². The summed E-state index contributed by atoms with van der Waals surface area (Å²) in [6.45, 7) is 8.00. The van der Waals surface area contributed by atoms with E-state index in [2.05, 4.69) is 4.98 Å². The summed E-state index contributed by atoms with van der Waals surface area (Å²) in [6.07, 6.45) is 3.49. The Labute approximate surface area is 237 Å². The lowest BCUT2D eigenvalue weighted by atomic mass is 9.88. The highest BCUT2D eigenvalue weighted by atomic mass is 16.5. The van der Waals surface area contributed by atoms with Crippen LogP contribution < -0.4 is 14.2 Å². The molecule has 210 valence electrons. The quantitative estimate of drug-likeness (QED) is 0.191. The number of fused-ring (bicyclic) bond motifs is 1. The van der Waals surface area contributed by atoms with Gasteiger partial charge in [0.2, 0.25) is 0 Å². The second kappa shape index (κ2) is 14.3. The van der Waals surface area contributed by atoms with Gasteiger partial charge in [0.15, 0.2) is 23.1 Å². The van der Waals surface area contributed by atoms with Crippen molar-refractivity contribution in [1.82, 2.24) is 4.98 Å². The number of nitrogens with zero attached hydrogens (tertiary/aromatic N) is 1. The van der Waals surface area contributed by atoms with Crippen LogP contribution in [0.4, 0.5) is 0 Å². The normalized spacial score (nSPS) is 12.7. The van der Waals surface area contributed by atoms with E-state index in [0.29, 0.717) is 42.3 Å². The van der Waals surface area contributed by atoms with Gasteiger partial charge in [0.25, 0.3) is 0 Å². The second-order valence-electron chi connectivity index (χ2n) is 9.05. The number of carbonyl (C=O) groups is 2. The Kier molecular flexibility index (Phi) is 10.8. The zero-order valence-corrected chi connectivity index (χ0v) is 24.3. The number of ether oxygens (including phenoxy) is 3. The van der Waals surface area contributed by atoms with Crippen molar-refractivity contribution in [2.24, 2.45) is 5.41 Å². The molecule has 0 atom stereocenters. The number of hydrogen-bond donors (Lipinski definition) is 0. The van der Waals surface area contributed by atoms with E-state index in [-0.39, 0.29) is 18.0 Å². The molecule has 0 radical (unpaired) electrons. The third-order valence-electron chi connectivity index (χ3n) is 6.75. The molecule has 0 amide bonds. The zero-order valence-electron chi connectivity index (χ0n) is 24.3.